The molecule has 118 valence electrons. The third kappa shape index (κ3) is 3.24. The van der Waals surface area contributed by atoms with E-state index < -0.39 is 29.1 Å². The first-order chi connectivity index (χ1) is 10.0. The van der Waals surface area contributed by atoms with E-state index in [2.05, 4.69) is 0 Å². The molecule has 0 heterocycles. The number of rotatable bonds is 4. The predicted octanol–water partition coefficient (Wildman–Crippen LogP) is 4.23. The molecule has 0 amide bonds. The second kappa shape index (κ2) is 6.79. The maximum absolute atomic E-state index is 14.0. The summed E-state index contributed by atoms with van der Waals surface area (Å²) in [6, 6.07) is 1.35. The molecule has 0 radical (unpaired) electrons. The van der Waals surface area contributed by atoms with Crippen molar-refractivity contribution in [3.8, 4) is 0 Å². The third-order valence-corrected chi connectivity index (χ3v) is 4.35. The van der Waals surface area contributed by atoms with Crippen LogP contribution in [-0.2, 0) is 4.74 Å². The topological polar surface area (TPSA) is 35.2 Å². The lowest BCUT2D eigenvalue weighted by molar-refractivity contribution is -0.0703. The molecule has 5 heteroatoms. The molecule has 1 saturated carbocycles. The molecule has 2 N–H and O–H groups in total. The van der Waals surface area contributed by atoms with Crippen molar-refractivity contribution in [2.45, 2.75) is 57.1 Å². The lowest BCUT2D eigenvalue weighted by Gasteiger charge is -2.38. The third-order valence-electron chi connectivity index (χ3n) is 4.35. The second-order valence-electron chi connectivity index (χ2n) is 5.65. The average molecular weight is 301 g/mol. The van der Waals surface area contributed by atoms with Crippen LogP contribution in [-0.4, -0.2) is 12.2 Å². The monoisotopic (exact) mass is 301 g/mol. The number of benzene rings is 1. The van der Waals surface area contributed by atoms with Gasteiger partial charge in [-0.15, -0.1) is 0 Å². The fourth-order valence-corrected chi connectivity index (χ4v) is 3.22. The van der Waals surface area contributed by atoms with Gasteiger partial charge < -0.3 is 10.5 Å². The van der Waals surface area contributed by atoms with Crippen LogP contribution in [0.3, 0.4) is 0 Å². The molecule has 0 bridgehead atoms. The zero-order chi connectivity index (χ0) is 15.5. The predicted molar refractivity (Wildman–Crippen MR) is 75.3 cm³/mol. The van der Waals surface area contributed by atoms with E-state index in [-0.39, 0.29) is 5.56 Å². The highest BCUT2D eigenvalue weighted by Gasteiger charge is 2.40. The van der Waals surface area contributed by atoms with E-state index in [1.165, 1.54) is 6.07 Å². The Hall–Kier alpha value is -1.07. The molecule has 1 aromatic carbocycles. The van der Waals surface area contributed by atoms with Gasteiger partial charge in [-0.2, -0.15) is 0 Å². The summed E-state index contributed by atoms with van der Waals surface area (Å²) in [5.74, 6) is -3.87. The van der Waals surface area contributed by atoms with E-state index >= 15 is 0 Å². The molecule has 1 atom stereocenters. The number of ether oxygens (including phenoxy) is 1. The summed E-state index contributed by atoms with van der Waals surface area (Å²) in [5.41, 5.74) is 5.52. The van der Waals surface area contributed by atoms with Crippen LogP contribution >= 0.6 is 0 Å². The largest absolute Gasteiger partial charge is 0.373 e. The first-order valence-electron chi connectivity index (χ1n) is 7.55. The van der Waals surface area contributed by atoms with Crippen molar-refractivity contribution >= 4 is 0 Å². The number of halogens is 3. The zero-order valence-corrected chi connectivity index (χ0v) is 12.3. The van der Waals surface area contributed by atoms with Crippen LogP contribution in [0.25, 0.3) is 0 Å². The highest BCUT2D eigenvalue weighted by atomic mass is 19.2. The molecule has 0 saturated heterocycles. The van der Waals surface area contributed by atoms with E-state index in [0.717, 1.165) is 31.7 Å². The van der Waals surface area contributed by atoms with Crippen LogP contribution in [0, 0.1) is 17.5 Å². The maximum atomic E-state index is 14.0. The fraction of sp³-hybridized carbons (Fsp3) is 0.625. The van der Waals surface area contributed by atoms with Gasteiger partial charge in [0.2, 0.25) is 0 Å². The van der Waals surface area contributed by atoms with Crippen LogP contribution in [0.2, 0.25) is 0 Å². The SMILES string of the molecule is CCOC1(C(N)c2ccc(F)c(F)c2F)CCCCCC1. The minimum atomic E-state index is -1.47. The molecular weight excluding hydrogens is 279 g/mol. The van der Waals surface area contributed by atoms with Gasteiger partial charge in [0, 0.05) is 12.2 Å². The van der Waals surface area contributed by atoms with E-state index in [4.69, 9.17) is 10.5 Å². The van der Waals surface area contributed by atoms with Gasteiger partial charge in [0.1, 0.15) is 0 Å². The van der Waals surface area contributed by atoms with Crippen molar-refractivity contribution < 1.29 is 17.9 Å². The summed E-state index contributed by atoms with van der Waals surface area (Å²) in [7, 11) is 0. The molecule has 2 rings (SSSR count). The van der Waals surface area contributed by atoms with Gasteiger partial charge in [0.15, 0.2) is 17.5 Å². The Morgan fingerprint density at radius 3 is 2.29 bits per heavy atom. The zero-order valence-electron chi connectivity index (χ0n) is 12.3. The molecule has 0 aromatic heterocycles. The number of hydrogen-bond donors (Lipinski definition) is 1. The number of nitrogens with two attached hydrogens (primary N) is 1. The van der Waals surface area contributed by atoms with Gasteiger partial charge in [-0.3, -0.25) is 0 Å². The van der Waals surface area contributed by atoms with E-state index in [1.54, 1.807) is 0 Å². The second-order valence-corrected chi connectivity index (χ2v) is 5.65. The van der Waals surface area contributed by atoms with Gasteiger partial charge in [0.05, 0.1) is 11.6 Å². The van der Waals surface area contributed by atoms with Gasteiger partial charge in [-0.1, -0.05) is 31.7 Å². The quantitative estimate of drug-likeness (QED) is 0.667. The molecule has 1 unspecified atom stereocenters. The molecule has 1 fully saturated rings. The normalized spacial score (nSPS) is 20.0. The molecule has 1 aliphatic carbocycles. The van der Waals surface area contributed by atoms with Crippen LogP contribution in [0.1, 0.15) is 57.1 Å². The molecule has 0 spiro atoms. The first kappa shape index (κ1) is 16.3. The van der Waals surface area contributed by atoms with Gasteiger partial charge in [0.25, 0.3) is 0 Å². The minimum absolute atomic E-state index is 0.00995. The Balaban J connectivity index is 2.38. The molecule has 1 aliphatic rings. The van der Waals surface area contributed by atoms with Crippen molar-refractivity contribution in [2.24, 2.45) is 5.73 Å². The minimum Gasteiger partial charge on any atom is -0.373 e. The Bertz CT molecular complexity index is 485. The number of hydrogen-bond acceptors (Lipinski definition) is 2. The molecule has 1 aromatic rings. The van der Waals surface area contributed by atoms with Crippen molar-refractivity contribution in [3.63, 3.8) is 0 Å². The van der Waals surface area contributed by atoms with E-state index in [0.29, 0.717) is 19.4 Å². The summed E-state index contributed by atoms with van der Waals surface area (Å²) in [4.78, 5) is 0. The maximum Gasteiger partial charge on any atom is 0.194 e. The molecular formula is C16H22F3NO. The average Bonchev–Trinajstić information content (AvgIpc) is 2.71. The lowest BCUT2D eigenvalue weighted by Crippen LogP contribution is -2.44. The van der Waals surface area contributed by atoms with Crippen LogP contribution in [0.5, 0.6) is 0 Å². The van der Waals surface area contributed by atoms with Crippen LogP contribution in [0.15, 0.2) is 12.1 Å². The van der Waals surface area contributed by atoms with Gasteiger partial charge >= 0.3 is 0 Å². The highest BCUT2D eigenvalue weighted by Crippen LogP contribution is 2.40. The van der Waals surface area contributed by atoms with Gasteiger partial charge in [-0.05, 0) is 25.8 Å². The Morgan fingerprint density at radius 1 is 1.10 bits per heavy atom. The lowest BCUT2D eigenvalue weighted by atomic mass is 9.82. The molecule has 2 nitrogen and oxygen atoms in total. The summed E-state index contributed by atoms with van der Waals surface area (Å²) in [6.45, 7) is 2.32. The Kier molecular flexibility index (Phi) is 5.27. The standard InChI is InChI=1S/C16H22F3NO/c1-2-21-16(9-5-3-4-6-10-16)15(20)11-7-8-12(17)14(19)13(11)18/h7-8,15H,2-6,9-10,20H2,1H3. The fourth-order valence-electron chi connectivity index (χ4n) is 3.22. The smallest absolute Gasteiger partial charge is 0.194 e. The highest BCUT2D eigenvalue weighted by molar-refractivity contribution is 5.26. The summed E-state index contributed by atoms with van der Waals surface area (Å²) >= 11 is 0. The van der Waals surface area contributed by atoms with Crippen LogP contribution < -0.4 is 5.73 Å². The molecule has 0 aliphatic heterocycles. The van der Waals surface area contributed by atoms with Crippen molar-refractivity contribution in [2.75, 3.05) is 6.61 Å². The van der Waals surface area contributed by atoms with Crippen molar-refractivity contribution in [1.82, 2.24) is 0 Å². The van der Waals surface area contributed by atoms with Gasteiger partial charge in [-0.25, -0.2) is 13.2 Å². The molecule has 21 heavy (non-hydrogen) atoms. The summed E-state index contributed by atoms with van der Waals surface area (Å²) < 4.78 is 46.5. The summed E-state index contributed by atoms with van der Waals surface area (Å²) in [6.07, 6.45) is 5.47. The van der Waals surface area contributed by atoms with E-state index in [1.807, 2.05) is 6.92 Å². The van der Waals surface area contributed by atoms with Crippen LogP contribution in [0.4, 0.5) is 13.2 Å². The van der Waals surface area contributed by atoms with Crippen molar-refractivity contribution in [1.29, 1.82) is 0 Å². The van der Waals surface area contributed by atoms with E-state index in [9.17, 15) is 13.2 Å². The Labute approximate surface area is 123 Å². The summed E-state index contributed by atoms with van der Waals surface area (Å²) in [5, 5.41) is 0. The van der Waals surface area contributed by atoms with Crippen molar-refractivity contribution in [3.05, 3.63) is 35.1 Å². The first-order valence-corrected chi connectivity index (χ1v) is 7.55. The Morgan fingerprint density at radius 2 is 1.71 bits per heavy atom.